The molecule has 3 aromatic rings. The Hall–Kier alpha value is -3.25. The van der Waals surface area contributed by atoms with Gasteiger partial charge in [-0.2, -0.15) is 0 Å². The average molecular weight is 549 g/mol. The Morgan fingerprint density at radius 2 is 1.82 bits per heavy atom. The van der Waals surface area contributed by atoms with Gasteiger partial charge >= 0.3 is 6.09 Å². The van der Waals surface area contributed by atoms with E-state index in [2.05, 4.69) is 45.0 Å². The van der Waals surface area contributed by atoms with Crippen LogP contribution in [0.1, 0.15) is 46.6 Å². The van der Waals surface area contributed by atoms with Gasteiger partial charge in [-0.15, -0.1) is 0 Å². The predicted octanol–water partition coefficient (Wildman–Crippen LogP) is 7.48. The lowest BCUT2D eigenvalue weighted by Gasteiger charge is -2.43. The van der Waals surface area contributed by atoms with E-state index in [1.165, 1.54) is 0 Å². The maximum Gasteiger partial charge on any atom is 0.410 e. The Labute approximate surface area is 235 Å². The molecular formula is C32H37ClN2O4. The third-order valence-corrected chi connectivity index (χ3v) is 7.49. The van der Waals surface area contributed by atoms with Crippen LogP contribution < -0.4 is 9.64 Å². The van der Waals surface area contributed by atoms with Gasteiger partial charge in [0.25, 0.3) is 5.91 Å². The first-order chi connectivity index (χ1) is 18.4. The highest BCUT2D eigenvalue weighted by Gasteiger charge is 2.40. The van der Waals surface area contributed by atoms with Crippen LogP contribution in [0.5, 0.6) is 5.75 Å². The summed E-state index contributed by atoms with van der Waals surface area (Å²) < 4.78 is 11.9. The number of likely N-dealkylation sites (tertiary alicyclic amines) is 1. The summed E-state index contributed by atoms with van der Waals surface area (Å²) >= 11 is 6.93. The molecule has 1 unspecified atom stereocenters. The molecule has 0 saturated carbocycles. The van der Waals surface area contributed by atoms with Crippen LogP contribution in [0.3, 0.4) is 0 Å². The monoisotopic (exact) mass is 548 g/mol. The minimum atomic E-state index is -0.567. The summed E-state index contributed by atoms with van der Waals surface area (Å²) in [5, 5.41) is 2.83. The van der Waals surface area contributed by atoms with E-state index in [0.717, 1.165) is 27.5 Å². The van der Waals surface area contributed by atoms with Crippen LogP contribution in [-0.2, 0) is 9.53 Å². The summed E-state index contributed by atoms with van der Waals surface area (Å²) in [5.74, 6) is 1.04. The molecule has 0 spiro atoms. The highest BCUT2D eigenvalue weighted by molar-refractivity contribution is 6.34. The molecule has 2 amide bonds. The van der Waals surface area contributed by atoms with Crippen LogP contribution in [0.2, 0.25) is 5.02 Å². The molecule has 1 atom stereocenters. The molecule has 206 valence electrons. The molecule has 0 bridgehead atoms. The molecule has 1 fully saturated rings. The van der Waals surface area contributed by atoms with E-state index >= 15 is 0 Å². The van der Waals surface area contributed by atoms with Crippen molar-refractivity contribution >= 4 is 40.1 Å². The molecule has 7 heteroatoms. The molecule has 0 aliphatic carbocycles. The van der Waals surface area contributed by atoms with Crippen LogP contribution >= 0.6 is 11.6 Å². The number of carbonyl (C=O) groups excluding carboxylic acids is 2. The van der Waals surface area contributed by atoms with Crippen molar-refractivity contribution in [1.29, 1.82) is 0 Å². The van der Waals surface area contributed by atoms with E-state index in [0.29, 0.717) is 48.4 Å². The molecule has 6 nitrogen and oxygen atoms in total. The Kier molecular flexibility index (Phi) is 7.27. The fourth-order valence-electron chi connectivity index (χ4n) is 5.42. The van der Waals surface area contributed by atoms with Crippen molar-refractivity contribution in [1.82, 2.24) is 4.90 Å². The Morgan fingerprint density at radius 1 is 1.10 bits per heavy atom. The fraction of sp³-hybridized carbons (Fsp3) is 0.438. The van der Waals surface area contributed by atoms with Crippen LogP contribution in [0.4, 0.5) is 10.5 Å². The molecule has 1 saturated heterocycles. The summed E-state index contributed by atoms with van der Waals surface area (Å²) in [6.07, 6.45) is -0.263. The molecule has 3 aromatic carbocycles. The highest BCUT2D eigenvalue weighted by atomic mass is 35.5. The van der Waals surface area contributed by atoms with Crippen LogP contribution in [0.15, 0.2) is 48.5 Å². The van der Waals surface area contributed by atoms with Gasteiger partial charge < -0.3 is 19.3 Å². The average Bonchev–Trinajstić information content (AvgIpc) is 2.81. The van der Waals surface area contributed by atoms with Gasteiger partial charge in [0.2, 0.25) is 0 Å². The predicted molar refractivity (Wildman–Crippen MR) is 157 cm³/mol. The van der Waals surface area contributed by atoms with Gasteiger partial charge in [0.15, 0.2) is 6.10 Å². The maximum absolute atomic E-state index is 13.6. The second-order valence-corrected chi connectivity index (χ2v) is 12.7. The second-order valence-electron chi connectivity index (χ2n) is 12.3. The Bertz CT molecular complexity index is 1420. The maximum atomic E-state index is 13.6. The van der Waals surface area contributed by atoms with E-state index < -0.39 is 11.7 Å². The molecule has 5 rings (SSSR count). The SMILES string of the molecule is Cc1cc(-c2cc3c(cc2Cl)N(CC2CN(C(=O)OC(C)(C)C)C2)C(=O)C(CC(C)C)O3)c2ccccc2c1. The minimum absolute atomic E-state index is 0.0586. The van der Waals surface area contributed by atoms with Gasteiger partial charge in [0.1, 0.15) is 11.4 Å². The Balaban J connectivity index is 1.47. The molecule has 2 aliphatic rings. The lowest BCUT2D eigenvalue weighted by atomic mass is 9.94. The van der Waals surface area contributed by atoms with Crippen molar-refractivity contribution in [3.05, 3.63) is 59.1 Å². The number of amides is 2. The topological polar surface area (TPSA) is 59.1 Å². The van der Waals surface area contributed by atoms with Gasteiger partial charge in [0.05, 0.1) is 10.7 Å². The van der Waals surface area contributed by atoms with Crippen LogP contribution in [-0.4, -0.2) is 48.2 Å². The number of carbonyl (C=O) groups is 2. The zero-order chi connectivity index (χ0) is 28.1. The van der Waals surface area contributed by atoms with Crippen LogP contribution in [0, 0.1) is 18.8 Å². The third-order valence-electron chi connectivity index (χ3n) is 7.18. The van der Waals surface area contributed by atoms with Gasteiger partial charge in [0, 0.05) is 31.1 Å². The van der Waals surface area contributed by atoms with Crippen molar-refractivity contribution in [2.24, 2.45) is 11.8 Å². The van der Waals surface area contributed by atoms with E-state index in [9.17, 15) is 9.59 Å². The lowest BCUT2D eigenvalue weighted by molar-refractivity contribution is -0.127. The lowest BCUT2D eigenvalue weighted by Crippen LogP contribution is -2.57. The van der Waals surface area contributed by atoms with Crippen molar-refractivity contribution in [2.75, 3.05) is 24.5 Å². The summed E-state index contributed by atoms with van der Waals surface area (Å²) in [4.78, 5) is 29.6. The number of anilines is 1. The van der Waals surface area contributed by atoms with Crippen molar-refractivity contribution in [3.8, 4) is 16.9 Å². The first-order valence-corrected chi connectivity index (χ1v) is 14.1. The zero-order valence-corrected chi connectivity index (χ0v) is 24.3. The van der Waals surface area contributed by atoms with Crippen LogP contribution in [0.25, 0.3) is 21.9 Å². The van der Waals surface area contributed by atoms with Gasteiger partial charge in [-0.05, 0) is 74.1 Å². The number of fused-ring (bicyclic) bond motifs is 2. The molecule has 0 N–H and O–H groups in total. The van der Waals surface area contributed by atoms with Crippen molar-refractivity contribution in [2.45, 2.75) is 59.7 Å². The number of nitrogens with zero attached hydrogens (tertiary/aromatic N) is 2. The number of rotatable bonds is 5. The number of benzene rings is 3. The quantitative estimate of drug-likeness (QED) is 0.332. The standard InChI is InChI=1S/C32H37ClN2O4/c1-19(2)11-29-30(36)35(18-21-16-34(17-21)31(37)39-32(4,5)6)27-15-26(33)25(14-28(27)38-29)24-13-20(3)12-22-9-7-8-10-23(22)24/h7-10,12-15,19,21,29H,11,16-18H2,1-6H3. The van der Waals surface area contributed by atoms with Crippen molar-refractivity contribution in [3.63, 3.8) is 0 Å². The minimum Gasteiger partial charge on any atom is -0.478 e. The van der Waals surface area contributed by atoms with E-state index in [-0.39, 0.29) is 17.9 Å². The van der Waals surface area contributed by atoms with E-state index in [1.54, 1.807) is 4.90 Å². The fourth-order valence-corrected chi connectivity index (χ4v) is 5.68. The summed E-state index contributed by atoms with van der Waals surface area (Å²) in [6, 6.07) is 16.4. The molecule has 2 heterocycles. The zero-order valence-electron chi connectivity index (χ0n) is 23.6. The number of ether oxygens (including phenoxy) is 2. The number of halogens is 1. The van der Waals surface area contributed by atoms with Gasteiger partial charge in [-0.25, -0.2) is 4.79 Å². The third kappa shape index (κ3) is 5.72. The summed E-state index contributed by atoms with van der Waals surface area (Å²) in [5.41, 5.74) is 3.21. The highest BCUT2D eigenvalue weighted by Crippen LogP contribution is 2.45. The second kappa shape index (κ2) is 10.4. The first-order valence-electron chi connectivity index (χ1n) is 13.7. The summed E-state index contributed by atoms with van der Waals surface area (Å²) in [7, 11) is 0. The molecular weight excluding hydrogens is 512 g/mol. The smallest absolute Gasteiger partial charge is 0.410 e. The Morgan fingerprint density at radius 3 is 2.51 bits per heavy atom. The largest absolute Gasteiger partial charge is 0.478 e. The van der Waals surface area contributed by atoms with Gasteiger partial charge in [-0.3, -0.25) is 4.79 Å². The number of aryl methyl sites for hydroxylation is 1. The molecule has 0 radical (unpaired) electrons. The normalized spacial score (nSPS) is 17.7. The molecule has 0 aromatic heterocycles. The van der Waals surface area contributed by atoms with E-state index in [4.69, 9.17) is 21.1 Å². The summed E-state index contributed by atoms with van der Waals surface area (Å²) in [6.45, 7) is 13.4. The van der Waals surface area contributed by atoms with Gasteiger partial charge in [-0.1, -0.05) is 61.8 Å². The molecule has 2 aliphatic heterocycles. The van der Waals surface area contributed by atoms with E-state index in [1.807, 2.05) is 49.9 Å². The first kappa shape index (κ1) is 27.3. The van der Waals surface area contributed by atoms with Crippen molar-refractivity contribution < 1.29 is 19.1 Å². The number of hydrogen-bond acceptors (Lipinski definition) is 4. The molecule has 39 heavy (non-hydrogen) atoms. The number of hydrogen-bond donors (Lipinski definition) is 0.